The number of hydrogen-bond acceptors (Lipinski definition) is 4. The fourth-order valence-electron chi connectivity index (χ4n) is 1.23. The molecule has 1 saturated heterocycles. The fraction of sp³-hybridized carbons (Fsp3) is 0.750. The molecule has 1 heterocycles. The Kier molecular flexibility index (Phi) is 4.24. The molecule has 0 aromatic rings. The molecule has 13 heavy (non-hydrogen) atoms. The van der Waals surface area contributed by atoms with Gasteiger partial charge in [-0.25, -0.2) is 0 Å². The van der Waals surface area contributed by atoms with Crippen LogP contribution in [0.4, 0.5) is 0 Å². The molecule has 0 atom stereocenters. The van der Waals surface area contributed by atoms with E-state index in [2.05, 4.69) is 0 Å². The molecule has 1 aliphatic heterocycles. The van der Waals surface area contributed by atoms with Crippen molar-refractivity contribution in [2.75, 3.05) is 24.6 Å². The van der Waals surface area contributed by atoms with E-state index in [9.17, 15) is 9.59 Å². The Morgan fingerprint density at radius 3 is 2.92 bits per heavy atom. The van der Waals surface area contributed by atoms with Gasteiger partial charge in [-0.2, -0.15) is 11.8 Å². The van der Waals surface area contributed by atoms with Gasteiger partial charge < -0.3 is 5.73 Å². The summed E-state index contributed by atoms with van der Waals surface area (Å²) >= 11 is 1.48. The quantitative estimate of drug-likeness (QED) is 0.643. The molecule has 0 aromatic carbocycles. The monoisotopic (exact) mass is 202 g/mol. The minimum atomic E-state index is -0.0686. The lowest BCUT2D eigenvalue weighted by atomic mass is 10.4. The molecule has 1 aliphatic rings. The van der Waals surface area contributed by atoms with Gasteiger partial charge in [0, 0.05) is 25.3 Å². The molecule has 0 aliphatic carbocycles. The lowest BCUT2D eigenvalue weighted by molar-refractivity contribution is -0.140. The molecule has 1 fully saturated rings. The molecule has 74 valence electrons. The predicted octanol–water partition coefficient (Wildman–Crippen LogP) is -0.173. The average molecular weight is 202 g/mol. The zero-order valence-electron chi connectivity index (χ0n) is 7.49. The topological polar surface area (TPSA) is 63.4 Å². The summed E-state index contributed by atoms with van der Waals surface area (Å²) in [5.74, 6) is 1.05. The smallest absolute Gasteiger partial charge is 0.239 e. The first-order valence-corrected chi connectivity index (χ1v) is 5.52. The van der Waals surface area contributed by atoms with Crippen LogP contribution in [0.3, 0.4) is 0 Å². The van der Waals surface area contributed by atoms with E-state index in [1.165, 1.54) is 16.7 Å². The van der Waals surface area contributed by atoms with Crippen molar-refractivity contribution in [1.82, 2.24) is 4.90 Å². The molecular formula is C8H14N2O2S. The van der Waals surface area contributed by atoms with Gasteiger partial charge in [0.05, 0.1) is 5.75 Å². The van der Waals surface area contributed by atoms with E-state index < -0.39 is 0 Å². The molecule has 0 radical (unpaired) electrons. The van der Waals surface area contributed by atoms with Crippen molar-refractivity contribution < 1.29 is 9.59 Å². The average Bonchev–Trinajstić information content (AvgIpc) is 2.52. The number of carbonyl (C=O) groups is 2. The minimum Gasteiger partial charge on any atom is -0.330 e. The van der Waals surface area contributed by atoms with Crippen molar-refractivity contribution in [2.45, 2.75) is 12.8 Å². The summed E-state index contributed by atoms with van der Waals surface area (Å²) in [6.45, 7) is 1.17. The molecule has 5 heteroatoms. The fourth-order valence-corrected chi connectivity index (χ4v) is 1.87. The predicted molar refractivity (Wildman–Crippen MR) is 52.3 cm³/mol. The standard InChI is InChI=1S/C8H14N2O2S/c9-3-5-13-6-8(12)10-4-1-2-7(10)11/h1-6,9H2. The maximum atomic E-state index is 11.4. The van der Waals surface area contributed by atoms with Gasteiger partial charge in [-0.15, -0.1) is 0 Å². The molecule has 0 spiro atoms. The Labute approximate surface area is 81.8 Å². The summed E-state index contributed by atoms with van der Waals surface area (Å²) in [5, 5.41) is 0. The Morgan fingerprint density at radius 1 is 1.62 bits per heavy atom. The van der Waals surface area contributed by atoms with Crippen LogP contribution >= 0.6 is 11.8 Å². The van der Waals surface area contributed by atoms with Gasteiger partial charge in [-0.1, -0.05) is 0 Å². The van der Waals surface area contributed by atoms with Crippen molar-refractivity contribution >= 4 is 23.6 Å². The number of amides is 2. The number of thioether (sulfide) groups is 1. The van der Waals surface area contributed by atoms with Gasteiger partial charge in [0.15, 0.2) is 0 Å². The molecule has 0 unspecified atom stereocenters. The largest absolute Gasteiger partial charge is 0.330 e. The SMILES string of the molecule is NCCSCC(=O)N1CCCC1=O. The number of hydrogen-bond donors (Lipinski definition) is 1. The van der Waals surface area contributed by atoms with Crippen LogP contribution in [0.1, 0.15) is 12.8 Å². The van der Waals surface area contributed by atoms with Gasteiger partial charge in [0.1, 0.15) is 0 Å². The van der Waals surface area contributed by atoms with Gasteiger partial charge >= 0.3 is 0 Å². The van der Waals surface area contributed by atoms with E-state index in [1.807, 2.05) is 0 Å². The third kappa shape index (κ3) is 3.00. The summed E-state index contributed by atoms with van der Waals surface area (Å²) in [7, 11) is 0. The second-order valence-corrected chi connectivity index (χ2v) is 3.99. The van der Waals surface area contributed by atoms with E-state index in [1.54, 1.807) is 0 Å². The highest BCUT2D eigenvalue weighted by Gasteiger charge is 2.25. The van der Waals surface area contributed by atoms with Crippen LogP contribution in [0.15, 0.2) is 0 Å². The number of nitrogens with two attached hydrogens (primary N) is 1. The third-order valence-electron chi connectivity index (χ3n) is 1.86. The number of rotatable bonds is 4. The third-order valence-corrected chi connectivity index (χ3v) is 2.84. The van der Waals surface area contributed by atoms with Gasteiger partial charge in [-0.05, 0) is 6.42 Å². The van der Waals surface area contributed by atoms with Crippen LogP contribution in [-0.2, 0) is 9.59 Å². The highest BCUT2D eigenvalue weighted by Crippen LogP contribution is 2.11. The lowest BCUT2D eigenvalue weighted by Gasteiger charge is -2.12. The summed E-state index contributed by atoms with van der Waals surface area (Å²) in [6, 6.07) is 0. The Hall–Kier alpha value is -0.550. The van der Waals surface area contributed by atoms with Gasteiger partial charge in [-0.3, -0.25) is 14.5 Å². The molecule has 0 bridgehead atoms. The van der Waals surface area contributed by atoms with Crippen LogP contribution in [0.25, 0.3) is 0 Å². The zero-order chi connectivity index (χ0) is 9.68. The number of nitrogens with zero attached hydrogens (tertiary/aromatic N) is 1. The van der Waals surface area contributed by atoms with Crippen molar-refractivity contribution in [3.8, 4) is 0 Å². The van der Waals surface area contributed by atoms with Crippen molar-refractivity contribution in [3.63, 3.8) is 0 Å². The van der Waals surface area contributed by atoms with Crippen molar-refractivity contribution in [1.29, 1.82) is 0 Å². The molecule has 2 N–H and O–H groups in total. The maximum absolute atomic E-state index is 11.4. The minimum absolute atomic E-state index is 0.0293. The Bertz CT molecular complexity index is 208. The Morgan fingerprint density at radius 2 is 2.38 bits per heavy atom. The highest BCUT2D eigenvalue weighted by atomic mass is 32.2. The Balaban J connectivity index is 2.26. The van der Waals surface area contributed by atoms with Crippen LogP contribution in [-0.4, -0.2) is 41.3 Å². The molecular weight excluding hydrogens is 188 g/mol. The van der Waals surface area contributed by atoms with Crippen LogP contribution in [0.2, 0.25) is 0 Å². The zero-order valence-corrected chi connectivity index (χ0v) is 8.31. The first-order chi connectivity index (χ1) is 6.25. The first-order valence-electron chi connectivity index (χ1n) is 4.36. The second kappa shape index (κ2) is 5.24. The lowest BCUT2D eigenvalue weighted by Crippen LogP contribution is -2.33. The van der Waals surface area contributed by atoms with E-state index in [0.717, 1.165) is 12.2 Å². The number of carbonyl (C=O) groups excluding carboxylic acids is 2. The number of likely N-dealkylation sites (tertiary alicyclic amines) is 1. The summed E-state index contributed by atoms with van der Waals surface area (Å²) in [6.07, 6.45) is 1.33. The van der Waals surface area contributed by atoms with E-state index in [0.29, 0.717) is 25.3 Å². The normalized spacial score (nSPS) is 16.7. The van der Waals surface area contributed by atoms with Crippen LogP contribution in [0, 0.1) is 0 Å². The summed E-state index contributed by atoms with van der Waals surface area (Å²) in [5.41, 5.74) is 5.28. The van der Waals surface area contributed by atoms with Crippen molar-refractivity contribution in [3.05, 3.63) is 0 Å². The second-order valence-electron chi connectivity index (χ2n) is 2.88. The highest BCUT2D eigenvalue weighted by molar-refractivity contribution is 7.99. The summed E-state index contributed by atoms with van der Waals surface area (Å²) in [4.78, 5) is 23.8. The van der Waals surface area contributed by atoms with Gasteiger partial charge in [0.25, 0.3) is 0 Å². The van der Waals surface area contributed by atoms with E-state index in [4.69, 9.17) is 5.73 Å². The maximum Gasteiger partial charge on any atom is 0.239 e. The van der Waals surface area contributed by atoms with E-state index in [-0.39, 0.29) is 11.8 Å². The molecule has 2 amide bonds. The van der Waals surface area contributed by atoms with Crippen molar-refractivity contribution in [2.24, 2.45) is 5.73 Å². The van der Waals surface area contributed by atoms with Crippen LogP contribution < -0.4 is 5.73 Å². The number of imide groups is 1. The first kappa shape index (κ1) is 10.5. The summed E-state index contributed by atoms with van der Waals surface area (Å²) < 4.78 is 0. The van der Waals surface area contributed by atoms with Gasteiger partial charge in [0.2, 0.25) is 11.8 Å². The molecule has 0 saturated carbocycles. The molecule has 0 aromatic heterocycles. The molecule has 4 nitrogen and oxygen atoms in total. The van der Waals surface area contributed by atoms with E-state index >= 15 is 0 Å². The molecule has 1 rings (SSSR count). The van der Waals surface area contributed by atoms with Crippen LogP contribution in [0.5, 0.6) is 0 Å².